The summed E-state index contributed by atoms with van der Waals surface area (Å²) in [6.45, 7) is 0. The first-order chi connectivity index (χ1) is 4.43. The van der Waals surface area contributed by atoms with E-state index in [1.165, 1.54) is 19.0 Å². The highest BCUT2D eigenvalue weighted by Gasteiger charge is 2.12. The Morgan fingerprint density at radius 2 is 2.56 bits per heavy atom. The molecule has 1 heteroatoms. The van der Waals surface area contributed by atoms with E-state index in [2.05, 4.69) is 12.3 Å². The molecule has 49 valence electrons. The van der Waals surface area contributed by atoms with Gasteiger partial charge in [0.2, 0.25) is 0 Å². The SMILES string of the molecule is FC#CCC1C[CH]CC1. The predicted molar refractivity (Wildman–Crippen MR) is 35.1 cm³/mol. The fourth-order valence-corrected chi connectivity index (χ4v) is 1.19. The monoisotopic (exact) mass is 125 g/mol. The van der Waals surface area contributed by atoms with Gasteiger partial charge in [-0.2, -0.15) is 0 Å². The van der Waals surface area contributed by atoms with Crippen LogP contribution in [0.2, 0.25) is 0 Å². The first-order valence-corrected chi connectivity index (χ1v) is 3.33. The maximum atomic E-state index is 11.3. The fraction of sp³-hybridized carbons (Fsp3) is 0.625. The van der Waals surface area contributed by atoms with Crippen LogP contribution in [0.4, 0.5) is 4.39 Å². The number of rotatable bonds is 1. The molecular formula is C8H10F. The van der Waals surface area contributed by atoms with Crippen molar-refractivity contribution in [2.75, 3.05) is 0 Å². The second kappa shape index (κ2) is 3.50. The number of hydrogen-bond acceptors (Lipinski definition) is 0. The third kappa shape index (κ3) is 2.05. The maximum absolute atomic E-state index is 11.3. The molecule has 0 aliphatic heterocycles. The minimum Gasteiger partial charge on any atom is -0.144 e. The van der Waals surface area contributed by atoms with Gasteiger partial charge >= 0.3 is 0 Å². The molecule has 1 fully saturated rings. The minimum atomic E-state index is 0.647. The molecule has 0 heterocycles. The normalized spacial score (nSPS) is 19.2. The highest BCUT2D eigenvalue weighted by atomic mass is 19.1. The molecule has 0 aromatic carbocycles. The molecule has 1 aliphatic rings. The molecule has 0 nitrogen and oxygen atoms in total. The summed E-state index contributed by atoms with van der Waals surface area (Å²) in [6.07, 6.45) is 7.96. The first-order valence-electron chi connectivity index (χ1n) is 3.33. The van der Waals surface area contributed by atoms with Gasteiger partial charge in [0, 0.05) is 6.42 Å². The van der Waals surface area contributed by atoms with Crippen LogP contribution in [0.25, 0.3) is 0 Å². The van der Waals surface area contributed by atoms with Crippen molar-refractivity contribution in [3.8, 4) is 12.1 Å². The van der Waals surface area contributed by atoms with Crippen LogP contribution >= 0.6 is 0 Å². The first kappa shape index (κ1) is 6.61. The van der Waals surface area contributed by atoms with E-state index >= 15 is 0 Å². The Morgan fingerprint density at radius 1 is 1.67 bits per heavy atom. The predicted octanol–water partition coefficient (Wildman–Crippen LogP) is 2.31. The molecular weight excluding hydrogens is 115 g/mol. The van der Waals surface area contributed by atoms with Crippen molar-refractivity contribution < 1.29 is 4.39 Å². The Kier molecular flexibility index (Phi) is 2.57. The van der Waals surface area contributed by atoms with Crippen LogP contribution in [0.5, 0.6) is 0 Å². The smallest absolute Gasteiger partial charge is 0.105 e. The lowest BCUT2D eigenvalue weighted by atomic mass is 10.1. The van der Waals surface area contributed by atoms with Crippen molar-refractivity contribution in [3.63, 3.8) is 0 Å². The van der Waals surface area contributed by atoms with E-state index in [0.29, 0.717) is 5.92 Å². The van der Waals surface area contributed by atoms with Gasteiger partial charge in [0.1, 0.15) is 6.17 Å². The lowest BCUT2D eigenvalue weighted by molar-refractivity contribution is 0.572. The van der Waals surface area contributed by atoms with E-state index in [4.69, 9.17) is 0 Å². The van der Waals surface area contributed by atoms with Crippen LogP contribution in [0.15, 0.2) is 0 Å². The zero-order valence-electron chi connectivity index (χ0n) is 5.36. The molecule has 1 radical (unpaired) electrons. The van der Waals surface area contributed by atoms with Gasteiger partial charge in [0.05, 0.1) is 0 Å². The summed E-state index contributed by atoms with van der Waals surface area (Å²) in [5, 5.41) is 0. The summed E-state index contributed by atoms with van der Waals surface area (Å²) >= 11 is 0. The molecule has 0 saturated heterocycles. The number of hydrogen-bond donors (Lipinski definition) is 0. The van der Waals surface area contributed by atoms with Crippen LogP contribution < -0.4 is 0 Å². The molecule has 0 aromatic heterocycles. The average Bonchev–Trinajstić information content (AvgIpc) is 2.34. The lowest BCUT2D eigenvalue weighted by Gasteiger charge is -1.99. The Balaban J connectivity index is 2.16. The molecule has 0 spiro atoms. The molecule has 1 rings (SSSR count). The standard InChI is InChI=1S/C8H10F/c9-7-3-6-8-4-1-2-5-8/h1,8H,2,4-6H2. The second-order valence-electron chi connectivity index (χ2n) is 2.44. The van der Waals surface area contributed by atoms with E-state index in [-0.39, 0.29) is 0 Å². The van der Waals surface area contributed by atoms with Gasteiger partial charge < -0.3 is 0 Å². The van der Waals surface area contributed by atoms with Crippen molar-refractivity contribution in [1.82, 2.24) is 0 Å². The van der Waals surface area contributed by atoms with Crippen LogP contribution in [0.3, 0.4) is 0 Å². The third-order valence-corrected chi connectivity index (χ3v) is 1.74. The van der Waals surface area contributed by atoms with E-state index < -0.39 is 0 Å². The van der Waals surface area contributed by atoms with Gasteiger partial charge in [0.25, 0.3) is 0 Å². The highest BCUT2D eigenvalue weighted by molar-refractivity contribution is 4.95. The zero-order valence-corrected chi connectivity index (χ0v) is 5.36. The molecule has 0 N–H and O–H groups in total. The van der Waals surface area contributed by atoms with Gasteiger partial charge in [-0.15, -0.1) is 4.39 Å². The second-order valence-corrected chi connectivity index (χ2v) is 2.44. The minimum absolute atomic E-state index is 0.647. The quantitative estimate of drug-likeness (QED) is 0.472. The summed E-state index contributed by atoms with van der Waals surface area (Å²) in [7, 11) is 0. The molecule has 0 amide bonds. The molecule has 1 saturated carbocycles. The molecule has 1 aliphatic carbocycles. The summed E-state index contributed by atoms with van der Waals surface area (Å²) in [6, 6.07) is 0. The maximum Gasteiger partial charge on any atom is 0.105 e. The van der Waals surface area contributed by atoms with Crippen molar-refractivity contribution in [3.05, 3.63) is 6.42 Å². The Hall–Kier alpha value is -0.510. The summed E-state index contributed by atoms with van der Waals surface area (Å²) in [5.41, 5.74) is 0. The van der Waals surface area contributed by atoms with Crippen LogP contribution in [-0.4, -0.2) is 0 Å². The Bertz CT molecular complexity index is 123. The molecule has 1 unspecified atom stereocenters. The topological polar surface area (TPSA) is 0 Å². The van der Waals surface area contributed by atoms with Gasteiger partial charge in [-0.3, -0.25) is 0 Å². The molecule has 0 bridgehead atoms. The van der Waals surface area contributed by atoms with E-state index in [9.17, 15) is 4.39 Å². The van der Waals surface area contributed by atoms with E-state index in [1.807, 2.05) is 0 Å². The third-order valence-electron chi connectivity index (χ3n) is 1.74. The largest absolute Gasteiger partial charge is 0.144 e. The number of halogens is 1. The van der Waals surface area contributed by atoms with Crippen molar-refractivity contribution in [2.45, 2.75) is 25.7 Å². The summed E-state index contributed by atoms with van der Waals surface area (Å²) < 4.78 is 11.3. The molecule has 1 atom stereocenters. The van der Waals surface area contributed by atoms with Gasteiger partial charge in [-0.25, -0.2) is 0 Å². The van der Waals surface area contributed by atoms with E-state index in [1.54, 1.807) is 0 Å². The van der Waals surface area contributed by atoms with Crippen molar-refractivity contribution >= 4 is 0 Å². The average molecular weight is 125 g/mol. The summed E-state index contributed by atoms with van der Waals surface area (Å²) in [5.74, 6) is 3.10. The molecule has 9 heavy (non-hydrogen) atoms. The molecule has 0 aromatic rings. The lowest BCUT2D eigenvalue weighted by Crippen LogP contribution is -1.88. The van der Waals surface area contributed by atoms with Crippen molar-refractivity contribution in [1.29, 1.82) is 0 Å². The van der Waals surface area contributed by atoms with Gasteiger partial charge in [0.15, 0.2) is 0 Å². The van der Waals surface area contributed by atoms with Crippen LogP contribution in [-0.2, 0) is 0 Å². The fourth-order valence-electron chi connectivity index (χ4n) is 1.19. The van der Waals surface area contributed by atoms with Crippen LogP contribution in [0, 0.1) is 24.4 Å². The van der Waals surface area contributed by atoms with Gasteiger partial charge in [-0.1, -0.05) is 5.92 Å². The summed E-state index contributed by atoms with van der Waals surface area (Å²) in [4.78, 5) is 0. The zero-order chi connectivity index (χ0) is 6.53. The highest BCUT2D eigenvalue weighted by Crippen LogP contribution is 2.25. The van der Waals surface area contributed by atoms with Crippen molar-refractivity contribution in [2.24, 2.45) is 5.92 Å². The van der Waals surface area contributed by atoms with Gasteiger partial charge in [-0.05, 0) is 31.6 Å². The Morgan fingerprint density at radius 3 is 3.11 bits per heavy atom. The van der Waals surface area contributed by atoms with Crippen LogP contribution in [0.1, 0.15) is 25.7 Å². The Labute approximate surface area is 55.5 Å². The van der Waals surface area contributed by atoms with E-state index in [0.717, 1.165) is 12.8 Å².